The summed E-state index contributed by atoms with van der Waals surface area (Å²) in [6.07, 6.45) is -1.34. The first-order valence-electron chi connectivity index (χ1n) is 3.85. The minimum atomic E-state index is -1.38. The molecule has 0 spiro atoms. The van der Waals surface area contributed by atoms with Gasteiger partial charge in [-0.05, 0) is 11.6 Å². The molecule has 1 aromatic rings. The second-order valence-corrected chi connectivity index (χ2v) is 2.76. The quantitative estimate of drug-likeness (QED) is 0.584. The van der Waals surface area contributed by atoms with Crippen LogP contribution in [0.2, 0.25) is 0 Å². The van der Waals surface area contributed by atoms with E-state index in [0.29, 0.717) is 11.3 Å². The summed E-state index contributed by atoms with van der Waals surface area (Å²) in [7, 11) is 0. The molecule has 4 heteroatoms. The van der Waals surface area contributed by atoms with Crippen LogP contribution in [0.4, 0.5) is 5.69 Å². The highest BCUT2D eigenvalue weighted by atomic mass is 16.4. The number of benzene rings is 1. The van der Waals surface area contributed by atoms with Gasteiger partial charge in [0.05, 0.1) is 0 Å². The highest BCUT2D eigenvalue weighted by molar-refractivity contribution is 5.72. The summed E-state index contributed by atoms with van der Waals surface area (Å²) in [5, 5.41) is 17.5. The predicted molar refractivity (Wildman–Crippen MR) is 48.2 cm³/mol. The Labute approximate surface area is 75.6 Å². The van der Waals surface area contributed by atoms with Crippen LogP contribution in [0.1, 0.15) is 5.56 Å². The molecule has 13 heavy (non-hydrogen) atoms. The molecule has 0 aliphatic carbocycles. The lowest BCUT2D eigenvalue weighted by Crippen LogP contribution is -2.22. The third-order valence-electron chi connectivity index (χ3n) is 1.75. The van der Waals surface area contributed by atoms with Gasteiger partial charge in [-0.15, -0.1) is 0 Å². The predicted octanol–water partition coefficient (Wildman–Crippen LogP) is 0.257. The van der Waals surface area contributed by atoms with Gasteiger partial charge in [0.1, 0.15) is 0 Å². The first-order chi connectivity index (χ1) is 6.11. The average molecular weight is 181 g/mol. The van der Waals surface area contributed by atoms with E-state index in [0.717, 1.165) is 0 Å². The summed E-state index contributed by atoms with van der Waals surface area (Å²) >= 11 is 0. The van der Waals surface area contributed by atoms with E-state index < -0.39 is 12.1 Å². The fourth-order valence-electron chi connectivity index (χ4n) is 1.02. The SMILES string of the molecule is Nc1ccccc1C[C@H](O)C(=O)O. The first-order valence-corrected chi connectivity index (χ1v) is 3.85. The lowest BCUT2D eigenvalue weighted by atomic mass is 10.1. The Kier molecular flexibility index (Phi) is 2.87. The number of hydrogen-bond donors (Lipinski definition) is 3. The van der Waals surface area contributed by atoms with Crippen LogP contribution in [-0.2, 0) is 11.2 Å². The summed E-state index contributed by atoms with van der Waals surface area (Å²) < 4.78 is 0. The molecular weight excluding hydrogens is 170 g/mol. The van der Waals surface area contributed by atoms with Crippen LogP contribution in [0.15, 0.2) is 24.3 Å². The molecule has 1 atom stereocenters. The number of nitrogens with two attached hydrogens (primary N) is 1. The summed E-state index contributed by atoms with van der Waals surface area (Å²) in [5.74, 6) is -1.23. The summed E-state index contributed by atoms with van der Waals surface area (Å²) in [4.78, 5) is 10.3. The largest absolute Gasteiger partial charge is 0.479 e. The second kappa shape index (κ2) is 3.91. The standard InChI is InChI=1S/C9H11NO3/c10-7-4-2-1-3-6(7)5-8(11)9(12)13/h1-4,8,11H,5,10H2,(H,12,13)/t8-/m0/s1. The number of aliphatic hydroxyl groups excluding tert-OH is 1. The van der Waals surface area contributed by atoms with Crippen molar-refractivity contribution >= 4 is 11.7 Å². The van der Waals surface area contributed by atoms with Crippen molar-refractivity contribution < 1.29 is 15.0 Å². The van der Waals surface area contributed by atoms with Crippen LogP contribution < -0.4 is 5.73 Å². The molecule has 0 aliphatic rings. The molecule has 0 fully saturated rings. The number of carbonyl (C=O) groups is 1. The van der Waals surface area contributed by atoms with Gasteiger partial charge in [-0.2, -0.15) is 0 Å². The molecule has 4 nitrogen and oxygen atoms in total. The van der Waals surface area contributed by atoms with E-state index in [4.69, 9.17) is 15.9 Å². The lowest BCUT2D eigenvalue weighted by molar-refractivity contribution is -0.146. The van der Waals surface area contributed by atoms with Crippen molar-refractivity contribution in [1.82, 2.24) is 0 Å². The van der Waals surface area contributed by atoms with Gasteiger partial charge in [0.2, 0.25) is 0 Å². The van der Waals surface area contributed by atoms with Crippen molar-refractivity contribution in [2.45, 2.75) is 12.5 Å². The van der Waals surface area contributed by atoms with Crippen molar-refractivity contribution in [3.8, 4) is 0 Å². The lowest BCUT2D eigenvalue weighted by Gasteiger charge is -2.07. The van der Waals surface area contributed by atoms with E-state index in [2.05, 4.69) is 0 Å². The van der Waals surface area contributed by atoms with Crippen LogP contribution in [0.3, 0.4) is 0 Å². The number of aliphatic hydroxyl groups is 1. The summed E-state index contributed by atoms with van der Waals surface area (Å²) in [5.41, 5.74) is 6.72. The molecule has 0 saturated heterocycles. The van der Waals surface area contributed by atoms with Crippen LogP contribution in [0.25, 0.3) is 0 Å². The zero-order valence-electron chi connectivity index (χ0n) is 6.97. The molecule has 70 valence electrons. The number of hydrogen-bond acceptors (Lipinski definition) is 3. The summed E-state index contributed by atoms with van der Waals surface area (Å²) in [6, 6.07) is 6.87. The maximum atomic E-state index is 10.3. The molecule has 0 saturated carbocycles. The van der Waals surface area contributed by atoms with Crippen LogP contribution >= 0.6 is 0 Å². The number of carboxylic acid groups (broad SMARTS) is 1. The van der Waals surface area contributed by atoms with Gasteiger partial charge in [0.25, 0.3) is 0 Å². The molecule has 0 aliphatic heterocycles. The molecule has 0 unspecified atom stereocenters. The zero-order valence-corrected chi connectivity index (χ0v) is 6.97. The first kappa shape index (κ1) is 9.54. The fourth-order valence-corrected chi connectivity index (χ4v) is 1.02. The van der Waals surface area contributed by atoms with Crippen molar-refractivity contribution in [3.05, 3.63) is 29.8 Å². The minimum absolute atomic E-state index is 0.0437. The third-order valence-corrected chi connectivity index (χ3v) is 1.75. The molecule has 0 aromatic heterocycles. The van der Waals surface area contributed by atoms with Crippen LogP contribution in [-0.4, -0.2) is 22.3 Å². The second-order valence-electron chi connectivity index (χ2n) is 2.76. The maximum Gasteiger partial charge on any atom is 0.332 e. The molecule has 0 bridgehead atoms. The Morgan fingerprint density at radius 3 is 2.62 bits per heavy atom. The van der Waals surface area contributed by atoms with E-state index in [9.17, 15) is 4.79 Å². The Balaban J connectivity index is 2.74. The Bertz CT molecular complexity index is 311. The molecule has 0 radical (unpaired) electrons. The normalized spacial score (nSPS) is 12.4. The van der Waals surface area contributed by atoms with Crippen LogP contribution in [0.5, 0.6) is 0 Å². The van der Waals surface area contributed by atoms with Crippen molar-refractivity contribution in [3.63, 3.8) is 0 Å². The molecule has 0 heterocycles. The van der Waals surface area contributed by atoms with Gasteiger partial charge in [0.15, 0.2) is 6.10 Å². The molecule has 0 amide bonds. The number of carboxylic acids is 1. The third kappa shape index (κ3) is 2.45. The van der Waals surface area contributed by atoms with Crippen LogP contribution in [0, 0.1) is 0 Å². The van der Waals surface area contributed by atoms with E-state index >= 15 is 0 Å². The minimum Gasteiger partial charge on any atom is -0.479 e. The Hall–Kier alpha value is -1.55. The van der Waals surface area contributed by atoms with Gasteiger partial charge >= 0.3 is 5.97 Å². The number of nitrogen functional groups attached to an aromatic ring is 1. The number of anilines is 1. The highest BCUT2D eigenvalue weighted by Gasteiger charge is 2.14. The number of para-hydroxylation sites is 1. The maximum absolute atomic E-state index is 10.3. The Morgan fingerprint density at radius 2 is 2.08 bits per heavy atom. The smallest absolute Gasteiger partial charge is 0.332 e. The average Bonchev–Trinajstić information content (AvgIpc) is 2.08. The molecule has 1 rings (SSSR count). The van der Waals surface area contributed by atoms with Crippen molar-refractivity contribution in [1.29, 1.82) is 0 Å². The molecular formula is C9H11NO3. The van der Waals surface area contributed by atoms with Gasteiger partial charge < -0.3 is 15.9 Å². The molecule has 1 aromatic carbocycles. The van der Waals surface area contributed by atoms with Gasteiger partial charge in [-0.3, -0.25) is 0 Å². The van der Waals surface area contributed by atoms with E-state index in [1.54, 1.807) is 24.3 Å². The van der Waals surface area contributed by atoms with Gasteiger partial charge in [0, 0.05) is 12.1 Å². The monoisotopic (exact) mass is 181 g/mol. The van der Waals surface area contributed by atoms with E-state index in [1.807, 2.05) is 0 Å². The Morgan fingerprint density at radius 1 is 1.46 bits per heavy atom. The van der Waals surface area contributed by atoms with Crippen molar-refractivity contribution in [2.24, 2.45) is 0 Å². The molecule has 4 N–H and O–H groups in total. The fraction of sp³-hybridized carbons (Fsp3) is 0.222. The highest BCUT2D eigenvalue weighted by Crippen LogP contribution is 2.12. The number of aliphatic carboxylic acids is 1. The summed E-state index contributed by atoms with van der Waals surface area (Å²) in [6.45, 7) is 0. The van der Waals surface area contributed by atoms with Crippen molar-refractivity contribution in [2.75, 3.05) is 5.73 Å². The van der Waals surface area contributed by atoms with E-state index in [-0.39, 0.29) is 6.42 Å². The van der Waals surface area contributed by atoms with Gasteiger partial charge in [-0.1, -0.05) is 18.2 Å². The zero-order chi connectivity index (χ0) is 9.84. The van der Waals surface area contributed by atoms with Gasteiger partial charge in [-0.25, -0.2) is 4.79 Å². The topological polar surface area (TPSA) is 83.5 Å². The van der Waals surface area contributed by atoms with E-state index in [1.165, 1.54) is 0 Å². The number of rotatable bonds is 3.